The average molecular weight is 337 g/mol. The molecule has 0 bridgehead atoms. The number of aromatic nitrogens is 1. The van der Waals surface area contributed by atoms with Crippen LogP contribution in [0.15, 0.2) is 69.1 Å². The lowest BCUT2D eigenvalue weighted by Crippen LogP contribution is -2.12. The number of furan rings is 1. The molecule has 0 aliphatic heterocycles. The molecule has 122 valence electrons. The Kier molecular flexibility index (Phi) is 4.91. The van der Waals surface area contributed by atoms with Crippen molar-refractivity contribution in [2.75, 3.05) is 6.54 Å². The van der Waals surface area contributed by atoms with Gasteiger partial charge in [-0.25, -0.2) is 4.68 Å². The lowest BCUT2D eigenvalue weighted by atomic mass is 10.1. The molecule has 5 heteroatoms. The first-order chi connectivity index (χ1) is 11.7. The van der Waals surface area contributed by atoms with E-state index in [9.17, 15) is 0 Å². The summed E-state index contributed by atoms with van der Waals surface area (Å²) in [5.41, 5.74) is 4.40. The van der Waals surface area contributed by atoms with Crippen molar-refractivity contribution in [2.45, 2.75) is 13.8 Å². The first-order valence-corrected chi connectivity index (χ1v) is 8.54. The van der Waals surface area contributed by atoms with Crippen LogP contribution in [-0.4, -0.2) is 17.4 Å². The lowest BCUT2D eigenvalue weighted by Gasteiger charge is -2.03. The molecule has 1 aromatic carbocycles. The number of hydrogen-bond acceptors (Lipinski definition) is 4. The summed E-state index contributed by atoms with van der Waals surface area (Å²) >= 11 is 1.53. The van der Waals surface area contributed by atoms with Gasteiger partial charge in [0.2, 0.25) is 4.80 Å². The monoisotopic (exact) mass is 337 g/mol. The maximum absolute atomic E-state index is 5.52. The second kappa shape index (κ2) is 7.27. The van der Waals surface area contributed by atoms with E-state index in [-0.39, 0.29) is 0 Å². The van der Waals surface area contributed by atoms with Crippen LogP contribution in [0.25, 0.3) is 11.5 Å². The smallest absolute Gasteiger partial charge is 0.206 e. The minimum Gasteiger partial charge on any atom is -0.463 e. The quantitative estimate of drug-likeness (QED) is 0.503. The molecule has 0 unspecified atom stereocenters. The van der Waals surface area contributed by atoms with Gasteiger partial charge in [0.1, 0.15) is 5.69 Å². The van der Waals surface area contributed by atoms with Crippen LogP contribution in [0.5, 0.6) is 0 Å². The Morgan fingerprint density at radius 3 is 2.88 bits per heavy atom. The summed E-state index contributed by atoms with van der Waals surface area (Å²) < 4.78 is 7.33. The fourth-order valence-corrected chi connectivity index (χ4v) is 3.17. The van der Waals surface area contributed by atoms with E-state index in [1.165, 1.54) is 22.5 Å². The fraction of sp³-hybridized carbons (Fsp3) is 0.158. The molecule has 2 aromatic heterocycles. The third-order valence-electron chi connectivity index (χ3n) is 3.55. The minimum absolute atomic E-state index is 0.553. The van der Waals surface area contributed by atoms with E-state index < -0.39 is 0 Å². The number of benzene rings is 1. The Hall–Kier alpha value is -2.66. The maximum Gasteiger partial charge on any atom is 0.206 e. The number of hydrogen-bond donors (Lipinski definition) is 0. The highest BCUT2D eigenvalue weighted by Gasteiger charge is 2.09. The third kappa shape index (κ3) is 3.46. The van der Waals surface area contributed by atoms with E-state index in [1.54, 1.807) is 12.3 Å². The van der Waals surface area contributed by atoms with Crippen LogP contribution in [0, 0.1) is 13.8 Å². The van der Waals surface area contributed by atoms with E-state index in [0.717, 1.165) is 21.8 Å². The summed E-state index contributed by atoms with van der Waals surface area (Å²) in [4.78, 5) is 5.32. The summed E-state index contributed by atoms with van der Waals surface area (Å²) in [5, 5.41) is 6.65. The van der Waals surface area contributed by atoms with Gasteiger partial charge >= 0.3 is 0 Å². The van der Waals surface area contributed by atoms with Crippen molar-refractivity contribution in [2.24, 2.45) is 10.1 Å². The first-order valence-electron chi connectivity index (χ1n) is 7.66. The first kappa shape index (κ1) is 16.2. The zero-order valence-electron chi connectivity index (χ0n) is 13.8. The largest absolute Gasteiger partial charge is 0.463 e. The molecule has 0 radical (unpaired) electrons. The van der Waals surface area contributed by atoms with Crippen LogP contribution in [0.4, 0.5) is 0 Å². The minimum atomic E-state index is 0.553. The van der Waals surface area contributed by atoms with Gasteiger partial charge in [0, 0.05) is 5.38 Å². The van der Waals surface area contributed by atoms with Gasteiger partial charge in [0.05, 0.1) is 19.0 Å². The molecular formula is C19H19N3OS. The van der Waals surface area contributed by atoms with Crippen LogP contribution in [-0.2, 0) is 0 Å². The summed E-state index contributed by atoms with van der Waals surface area (Å²) in [6.07, 6.45) is 5.29. The normalized spacial score (nSPS) is 12.2. The molecule has 2 heterocycles. The van der Waals surface area contributed by atoms with Crippen LogP contribution in [0.3, 0.4) is 0 Å². The second-order valence-corrected chi connectivity index (χ2v) is 6.26. The van der Waals surface area contributed by atoms with E-state index >= 15 is 0 Å². The highest BCUT2D eigenvalue weighted by atomic mass is 32.1. The van der Waals surface area contributed by atoms with Crippen molar-refractivity contribution in [3.05, 3.63) is 76.1 Å². The number of nitrogens with zero attached hydrogens (tertiary/aromatic N) is 3. The number of aryl methyl sites for hydroxylation is 2. The predicted molar refractivity (Wildman–Crippen MR) is 99.5 cm³/mol. The molecular weight excluding hydrogens is 318 g/mol. The van der Waals surface area contributed by atoms with Gasteiger partial charge in [-0.1, -0.05) is 29.8 Å². The molecule has 24 heavy (non-hydrogen) atoms. The molecule has 3 aromatic rings. The molecule has 0 spiro atoms. The SMILES string of the molecule is C=CCN=c1scc(-c2ccco2)n1N=Cc1ccc(C)cc1C. The van der Waals surface area contributed by atoms with Gasteiger partial charge in [-0.3, -0.25) is 4.99 Å². The van der Waals surface area contributed by atoms with Gasteiger partial charge in [0.25, 0.3) is 0 Å². The highest BCUT2D eigenvalue weighted by molar-refractivity contribution is 7.07. The van der Waals surface area contributed by atoms with Crippen molar-refractivity contribution >= 4 is 17.6 Å². The van der Waals surface area contributed by atoms with Crippen molar-refractivity contribution in [3.63, 3.8) is 0 Å². The van der Waals surface area contributed by atoms with Crippen LogP contribution < -0.4 is 4.80 Å². The van der Waals surface area contributed by atoms with E-state index in [1.807, 2.05) is 28.4 Å². The summed E-state index contributed by atoms with van der Waals surface area (Å²) in [5.74, 6) is 0.768. The predicted octanol–water partition coefficient (Wildman–Crippen LogP) is 4.40. The highest BCUT2D eigenvalue weighted by Crippen LogP contribution is 2.20. The van der Waals surface area contributed by atoms with Crippen molar-refractivity contribution in [3.8, 4) is 11.5 Å². The fourth-order valence-electron chi connectivity index (χ4n) is 2.35. The number of thiazole rings is 1. The van der Waals surface area contributed by atoms with Gasteiger partial charge in [-0.15, -0.1) is 17.9 Å². The average Bonchev–Trinajstić information content (AvgIpc) is 3.21. The Labute approximate surface area is 145 Å². The van der Waals surface area contributed by atoms with E-state index in [4.69, 9.17) is 4.42 Å². The standard InChI is InChI=1S/C19H19N3OS/c1-4-9-20-19-22(17(13-24-19)18-6-5-10-23-18)21-12-16-8-7-14(2)11-15(16)3/h4-8,10-13H,1,9H2,2-3H3. The van der Waals surface area contributed by atoms with Gasteiger partial charge < -0.3 is 4.42 Å². The molecule has 4 nitrogen and oxygen atoms in total. The van der Waals surface area contributed by atoms with Crippen molar-refractivity contribution in [1.82, 2.24) is 4.68 Å². The maximum atomic E-state index is 5.52. The molecule has 0 aliphatic carbocycles. The van der Waals surface area contributed by atoms with Gasteiger partial charge in [-0.05, 0) is 37.1 Å². The van der Waals surface area contributed by atoms with Gasteiger partial charge in [0.15, 0.2) is 5.76 Å². The topological polar surface area (TPSA) is 42.8 Å². The Balaban J connectivity index is 2.06. The van der Waals surface area contributed by atoms with Crippen molar-refractivity contribution < 1.29 is 4.42 Å². The third-order valence-corrected chi connectivity index (χ3v) is 4.41. The molecule has 0 atom stereocenters. The lowest BCUT2D eigenvalue weighted by molar-refractivity contribution is 0.575. The zero-order chi connectivity index (χ0) is 16.9. The molecule has 0 amide bonds. The zero-order valence-corrected chi connectivity index (χ0v) is 14.6. The Bertz CT molecular complexity index is 930. The van der Waals surface area contributed by atoms with Gasteiger partial charge in [-0.2, -0.15) is 5.10 Å². The molecule has 3 rings (SSSR count). The molecule has 0 saturated carbocycles. The number of rotatable bonds is 5. The summed E-state index contributed by atoms with van der Waals surface area (Å²) in [7, 11) is 0. The molecule has 0 saturated heterocycles. The Morgan fingerprint density at radius 1 is 1.29 bits per heavy atom. The van der Waals surface area contributed by atoms with Crippen molar-refractivity contribution in [1.29, 1.82) is 0 Å². The molecule has 0 fully saturated rings. The van der Waals surface area contributed by atoms with E-state index in [0.29, 0.717) is 6.54 Å². The Morgan fingerprint density at radius 2 is 2.17 bits per heavy atom. The van der Waals surface area contributed by atoms with Crippen LogP contribution in [0.1, 0.15) is 16.7 Å². The second-order valence-electron chi connectivity index (χ2n) is 5.43. The molecule has 0 aliphatic rings. The summed E-state index contributed by atoms with van der Waals surface area (Å²) in [6.45, 7) is 8.45. The van der Waals surface area contributed by atoms with E-state index in [2.05, 4.69) is 48.7 Å². The van der Waals surface area contributed by atoms with Crippen LogP contribution in [0.2, 0.25) is 0 Å². The summed E-state index contributed by atoms with van der Waals surface area (Å²) in [6, 6.07) is 10.1. The molecule has 0 N–H and O–H groups in total. The van der Waals surface area contributed by atoms with Crippen LogP contribution >= 0.6 is 11.3 Å².